The van der Waals surface area contributed by atoms with E-state index in [1.807, 2.05) is 26.2 Å². The van der Waals surface area contributed by atoms with Crippen molar-refractivity contribution in [3.05, 3.63) is 29.6 Å². The Kier molecular flexibility index (Phi) is 2.46. The highest BCUT2D eigenvalue weighted by Gasteiger charge is 2.56. The lowest BCUT2D eigenvalue weighted by Crippen LogP contribution is -2.11. The van der Waals surface area contributed by atoms with Crippen molar-refractivity contribution in [2.75, 3.05) is 19.0 Å². The lowest BCUT2D eigenvalue weighted by Gasteiger charge is -2.14. The zero-order valence-corrected chi connectivity index (χ0v) is 10.3. The lowest BCUT2D eigenvalue weighted by atomic mass is 10.0. The fourth-order valence-electron chi connectivity index (χ4n) is 2.39. The summed E-state index contributed by atoms with van der Waals surface area (Å²) >= 11 is 0. The molecule has 3 heteroatoms. The molecule has 1 aliphatic carbocycles. The van der Waals surface area contributed by atoms with Gasteiger partial charge in [0.15, 0.2) is 0 Å². The molecule has 0 aromatic heterocycles. The van der Waals surface area contributed by atoms with Crippen LogP contribution in [-0.2, 0) is 0 Å². The molecule has 0 spiro atoms. The lowest BCUT2D eigenvalue weighted by molar-refractivity contribution is 0.594. The summed E-state index contributed by atoms with van der Waals surface area (Å²) in [5, 5.41) is 0. The molecule has 0 amide bonds. The first-order valence-corrected chi connectivity index (χ1v) is 5.58. The van der Waals surface area contributed by atoms with Crippen LogP contribution in [0.15, 0.2) is 18.2 Å². The molecule has 2 N–H and O–H groups in total. The molecule has 16 heavy (non-hydrogen) atoms. The third-order valence-electron chi connectivity index (χ3n) is 3.72. The Labute approximate surface area is 96.2 Å². The molecular formula is C13H19FN2. The highest BCUT2D eigenvalue weighted by Crippen LogP contribution is 2.57. The molecule has 0 saturated heterocycles. The zero-order chi connectivity index (χ0) is 12.1. The number of benzene rings is 1. The first-order chi connectivity index (χ1) is 7.35. The van der Waals surface area contributed by atoms with Gasteiger partial charge in [0.05, 0.1) is 5.69 Å². The third kappa shape index (κ3) is 1.59. The van der Waals surface area contributed by atoms with Crippen LogP contribution in [-0.4, -0.2) is 20.1 Å². The normalized spacial score (nSPS) is 26.6. The van der Waals surface area contributed by atoms with E-state index in [1.54, 1.807) is 11.0 Å². The van der Waals surface area contributed by atoms with Gasteiger partial charge in [-0.3, -0.25) is 0 Å². The average Bonchev–Trinajstić information content (AvgIpc) is 2.65. The zero-order valence-electron chi connectivity index (χ0n) is 10.3. The van der Waals surface area contributed by atoms with E-state index >= 15 is 0 Å². The summed E-state index contributed by atoms with van der Waals surface area (Å²) in [5.41, 5.74) is 7.73. The standard InChI is InChI=1S/C13H19FN2/c1-13(2)11(12(13)15)8-5-6-10(16(3)4)9(14)7-8/h5-7,11-12H,15H2,1-4H3/t11-,12-/m1/s1. The molecule has 2 rings (SSSR count). The van der Waals surface area contributed by atoms with E-state index in [2.05, 4.69) is 13.8 Å². The number of nitrogens with two attached hydrogens (primary N) is 1. The first kappa shape index (κ1) is 11.4. The van der Waals surface area contributed by atoms with Crippen molar-refractivity contribution >= 4 is 5.69 Å². The summed E-state index contributed by atoms with van der Waals surface area (Å²) in [7, 11) is 3.68. The highest BCUT2D eigenvalue weighted by atomic mass is 19.1. The largest absolute Gasteiger partial charge is 0.375 e. The molecule has 88 valence electrons. The number of hydrogen-bond donors (Lipinski definition) is 1. The van der Waals surface area contributed by atoms with Crippen LogP contribution in [0.25, 0.3) is 0 Å². The van der Waals surface area contributed by atoms with Crippen LogP contribution < -0.4 is 10.6 Å². The number of anilines is 1. The molecular weight excluding hydrogens is 203 g/mol. The van der Waals surface area contributed by atoms with Gasteiger partial charge in [-0.05, 0) is 23.1 Å². The van der Waals surface area contributed by atoms with Crippen molar-refractivity contribution in [1.82, 2.24) is 0 Å². The Morgan fingerprint density at radius 1 is 1.31 bits per heavy atom. The van der Waals surface area contributed by atoms with E-state index in [9.17, 15) is 4.39 Å². The molecule has 2 atom stereocenters. The first-order valence-electron chi connectivity index (χ1n) is 5.58. The predicted octanol–water partition coefficient (Wildman–Crippen LogP) is 2.34. The van der Waals surface area contributed by atoms with Crippen LogP contribution in [0.1, 0.15) is 25.3 Å². The fourth-order valence-corrected chi connectivity index (χ4v) is 2.39. The minimum atomic E-state index is -0.169. The van der Waals surface area contributed by atoms with Crippen molar-refractivity contribution < 1.29 is 4.39 Å². The molecule has 1 fully saturated rings. The summed E-state index contributed by atoms with van der Waals surface area (Å²) in [6, 6.07) is 5.58. The molecule has 2 nitrogen and oxygen atoms in total. The summed E-state index contributed by atoms with van der Waals surface area (Å²) in [6.45, 7) is 4.25. The van der Waals surface area contributed by atoms with Gasteiger partial charge in [-0.25, -0.2) is 4.39 Å². The Morgan fingerprint density at radius 3 is 2.25 bits per heavy atom. The Morgan fingerprint density at radius 2 is 1.88 bits per heavy atom. The quantitative estimate of drug-likeness (QED) is 0.832. The van der Waals surface area contributed by atoms with Gasteiger partial charge >= 0.3 is 0 Å². The van der Waals surface area contributed by atoms with Crippen LogP contribution >= 0.6 is 0 Å². The van der Waals surface area contributed by atoms with Crippen LogP contribution in [0, 0.1) is 11.2 Å². The minimum absolute atomic E-state index is 0.103. The SMILES string of the molecule is CN(C)c1ccc([C@@H]2[C@@H](N)C2(C)C)cc1F. The van der Waals surface area contributed by atoms with Gasteiger partial charge in [0.2, 0.25) is 0 Å². The Bertz CT molecular complexity index is 412. The Balaban J connectivity index is 2.30. The number of rotatable bonds is 2. The molecule has 1 saturated carbocycles. The second-order valence-corrected chi connectivity index (χ2v) is 5.43. The van der Waals surface area contributed by atoms with Crippen molar-refractivity contribution in [3.63, 3.8) is 0 Å². The van der Waals surface area contributed by atoms with Crippen LogP contribution in [0.5, 0.6) is 0 Å². The molecule has 0 radical (unpaired) electrons. The molecule has 1 aliphatic rings. The molecule has 0 unspecified atom stereocenters. The van der Waals surface area contributed by atoms with Gasteiger partial charge < -0.3 is 10.6 Å². The molecule has 0 aliphatic heterocycles. The summed E-state index contributed by atoms with van der Waals surface area (Å²) in [6.07, 6.45) is 0. The van der Waals surface area contributed by atoms with Crippen LogP contribution in [0.4, 0.5) is 10.1 Å². The fraction of sp³-hybridized carbons (Fsp3) is 0.538. The monoisotopic (exact) mass is 222 g/mol. The van der Waals surface area contributed by atoms with Gasteiger partial charge in [-0.2, -0.15) is 0 Å². The van der Waals surface area contributed by atoms with E-state index < -0.39 is 0 Å². The topological polar surface area (TPSA) is 29.3 Å². The van der Waals surface area contributed by atoms with Gasteiger partial charge in [0, 0.05) is 26.1 Å². The average molecular weight is 222 g/mol. The Hall–Kier alpha value is -1.09. The maximum atomic E-state index is 13.8. The van der Waals surface area contributed by atoms with Gasteiger partial charge in [-0.15, -0.1) is 0 Å². The van der Waals surface area contributed by atoms with Gasteiger partial charge in [0.25, 0.3) is 0 Å². The van der Waals surface area contributed by atoms with Crippen molar-refractivity contribution in [1.29, 1.82) is 0 Å². The van der Waals surface area contributed by atoms with Gasteiger partial charge in [0.1, 0.15) is 5.82 Å². The van der Waals surface area contributed by atoms with Gasteiger partial charge in [-0.1, -0.05) is 19.9 Å². The van der Waals surface area contributed by atoms with E-state index in [4.69, 9.17) is 5.73 Å². The third-order valence-corrected chi connectivity index (χ3v) is 3.72. The van der Waals surface area contributed by atoms with E-state index in [0.717, 1.165) is 5.56 Å². The molecule has 0 heterocycles. The van der Waals surface area contributed by atoms with E-state index in [1.165, 1.54) is 0 Å². The minimum Gasteiger partial charge on any atom is -0.375 e. The second-order valence-electron chi connectivity index (χ2n) is 5.43. The second kappa shape index (κ2) is 3.45. The van der Waals surface area contributed by atoms with Crippen molar-refractivity contribution in [3.8, 4) is 0 Å². The summed E-state index contributed by atoms with van der Waals surface area (Å²) in [5.74, 6) is 0.121. The summed E-state index contributed by atoms with van der Waals surface area (Å²) in [4.78, 5) is 1.77. The number of nitrogens with zero attached hydrogens (tertiary/aromatic N) is 1. The van der Waals surface area contributed by atoms with Crippen molar-refractivity contribution in [2.45, 2.75) is 25.8 Å². The van der Waals surface area contributed by atoms with E-state index in [-0.39, 0.29) is 17.3 Å². The van der Waals surface area contributed by atoms with Crippen LogP contribution in [0.2, 0.25) is 0 Å². The number of halogens is 1. The highest BCUT2D eigenvalue weighted by molar-refractivity contribution is 5.50. The maximum absolute atomic E-state index is 13.8. The molecule has 0 bridgehead atoms. The molecule has 1 aromatic rings. The smallest absolute Gasteiger partial charge is 0.146 e. The summed E-state index contributed by atoms with van der Waals surface area (Å²) < 4.78 is 13.8. The van der Waals surface area contributed by atoms with Crippen LogP contribution in [0.3, 0.4) is 0 Å². The number of hydrogen-bond acceptors (Lipinski definition) is 2. The maximum Gasteiger partial charge on any atom is 0.146 e. The predicted molar refractivity (Wildman–Crippen MR) is 65.2 cm³/mol. The van der Waals surface area contributed by atoms with Crippen molar-refractivity contribution in [2.24, 2.45) is 11.1 Å². The van der Waals surface area contributed by atoms with E-state index in [0.29, 0.717) is 11.6 Å². The molecule has 1 aromatic carbocycles.